The molecule has 188 valence electrons. The van der Waals surface area contributed by atoms with E-state index < -0.39 is 23.3 Å². The van der Waals surface area contributed by atoms with Crippen molar-refractivity contribution >= 4 is 41.1 Å². The van der Waals surface area contributed by atoms with E-state index in [-0.39, 0.29) is 43.5 Å². The fraction of sp³-hybridized carbons (Fsp3) is 0.407. The molecule has 2 saturated heterocycles. The van der Waals surface area contributed by atoms with Crippen molar-refractivity contribution in [2.24, 2.45) is 11.8 Å². The number of rotatable bonds is 8. The summed E-state index contributed by atoms with van der Waals surface area (Å²) in [5.74, 6) is -2.28. The molecule has 1 N–H and O–H groups in total. The highest BCUT2D eigenvalue weighted by Crippen LogP contribution is 2.55. The van der Waals surface area contributed by atoms with Crippen LogP contribution in [-0.4, -0.2) is 59.8 Å². The molecule has 2 aromatic rings. The number of anilines is 1. The first-order chi connectivity index (χ1) is 17.4. The Morgan fingerprint density at radius 3 is 2.47 bits per heavy atom. The minimum atomic E-state index is -1.41. The largest absolute Gasteiger partial charge is 0.465 e. The quantitative estimate of drug-likeness (QED) is 0.433. The summed E-state index contributed by atoms with van der Waals surface area (Å²) >= 11 is 1.65. The Morgan fingerprint density at radius 2 is 1.75 bits per heavy atom. The number of para-hydroxylation sites is 1. The summed E-state index contributed by atoms with van der Waals surface area (Å²) in [6, 6.07) is 16.2. The van der Waals surface area contributed by atoms with Crippen LogP contribution in [0.3, 0.4) is 0 Å². The van der Waals surface area contributed by atoms with Crippen LogP contribution < -0.4 is 10.2 Å². The van der Waals surface area contributed by atoms with E-state index in [1.165, 1.54) is 9.80 Å². The van der Waals surface area contributed by atoms with Gasteiger partial charge in [-0.3, -0.25) is 34.3 Å². The fourth-order valence-corrected chi connectivity index (χ4v) is 6.40. The molecule has 3 heterocycles. The Bertz CT molecular complexity index is 1200. The number of nitrogens with one attached hydrogen (secondary N) is 1. The molecule has 0 aliphatic carbocycles. The van der Waals surface area contributed by atoms with Crippen LogP contribution in [0.2, 0.25) is 0 Å². The van der Waals surface area contributed by atoms with E-state index in [1.807, 2.05) is 48.7 Å². The number of ether oxygens (including phenoxy) is 1. The van der Waals surface area contributed by atoms with Crippen LogP contribution >= 0.6 is 11.8 Å². The number of amides is 3. The third kappa shape index (κ3) is 3.72. The molecule has 3 aliphatic rings. The van der Waals surface area contributed by atoms with Crippen molar-refractivity contribution in [2.45, 2.75) is 31.5 Å². The molecule has 0 saturated carbocycles. The number of hydrogen-bond donors (Lipinski definition) is 1. The molecular formula is C27H29N3O5S. The SMILES string of the molecule is CCOC(=O)CN1C(=O)[C@]2(N[C@H](CCSC)[C@@H]3C(=O)N(Cc4ccccc4)C(=O)[C@@H]32)c2ccccc21. The molecule has 5 rings (SSSR count). The van der Waals surface area contributed by atoms with E-state index in [0.29, 0.717) is 17.7 Å². The molecule has 0 bridgehead atoms. The second-order valence-electron chi connectivity index (χ2n) is 9.31. The third-order valence-electron chi connectivity index (χ3n) is 7.37. The van der Waals surface area contributed by atoms with Gasteiger partial charge in [0.2, 0.25) is 11.8 Å². The van der Waals surface area contributed by atoms with Crippen LogP contribution in [-0.2, 0) is 36.0 Å². The van der Waals surface area contributed by atoms with Gasteiger partial charge in [0, 0.05) is 17.3 Å². The number of carbonyl (C=O) groups is 4. The first-order valence-electron chi connectivity index (χ1n) is 12.2. The molecule has 9 heteroatoms. The zero-order chi connectivity index (χ0) is 25.4. The smallest absolute Gasteiger partial charge is 0.326 e. The monoisotopic (exact) mass is 507 g/mol. The minimum absolute atomic E-state index is 0.166. The molecule has 2 aromatic carbocycles. The van der Waals surface area contributed by atoms with Crippen LogP contribution in [0.15, 0.2) is 54.6 Å². The van der Waals surface area contributed by atoms with Gasteiger partial charge in [-0.25, -0.2) is 0 Å². The van der Waals surface area contributed by atoms with E-state index in [4.69, 9.17) is 4.74 Å². The van der Waals surface area contributed by atoms with Gasteiger partial charge in [0.15, 0.2) is 0 Å². The molecule has 4 atom stereocenters. The maximum Gasteiger partial charge on any atom is 0.326 e. The van der Waals surface area contributed by atoms with Gasteiger partial charge in [0.1, 0.15) is 12.1 Å². The van der Waals surface area contributed by atoms with Crippen molar-refractivity contribution in [1.29, 1.82) is 0 Å². The molecule has 3 amide bonds. The van der Waals surface area contributed by atoms with Crippen LogP contribution in [0.4, 0.5) is 5.69 Å². The molecule has 36 heavy (non-hydrogen) atoms. The molecular weight excluding hydrogens is 478 g/mol. The number of esters is 1. The molecule has 3 aliphatic heterocycles. The standard InChI is InChI=1S/C27H29N3O5S/c1-3-35-21(31)16-29-20-12-8-7-11-18(20)27(26(29)34)23-22(19(28-27)13-14-36-2)24(32)30(25(23)33)15-17-9-5-4-6-10-17/h4-12,19,22-23,28H,3,13-16H2,1-2H3/t19-,22+,23-,27+/m1/s1. The topological polar surface area (TPSA) is 96.0 Å². The predicted molar refractivity (Wildman–Crippen MR) is 136 cm³/mol. The molecule has 8 nitrogen and oxygen atoms in total. The van der Waals surface area contributed by atoms with Gasteiger partial charge < -0.3 is 4.74 Å². The average molecular weight is 508 g/mol. The maximum atomic E-state index is 14.2. The minimum Gasteiger partial charge on any atom is -0.465 e. The number of likely N-dealkylation sites (tertiary alicyclic amines) is 1. The zero-order valence-corrected chi connectivity index (χ0v) is 21.1. The van der Waals surface area contributed by atoms with Crippen molar-refractivity contribution < 1.29 is 23.9 Å². The number of imide groups is 1. The van der Waals surface area contributed by atoms with Crippen molar-refractivity contribution in [2.75, 3.05) is 30.1 Å². The summed E-state index contributed by atoms with van der Waals surface area (Å²) in [6.45, 7) is 1.83. The molecule has 0 radical (unpaired) electrons. The van der Waals surface area contributed by atoms with E-state index in [2.05, 4.69) is 5.32 Å². The highest BCUT2D eigenvalue weighted by Gasteiger charge is 2.71. The van der Waals surface area contributed by atoms with Crippen molar-refractivity contribution in [3.63, 3.8) is 0 Å². The number of fused-ring (bicyclic) bond motifs is 4. The van der Waals surface area contributed by atoms with Crippen LogP contribution in [0.5, 0.6) is 0 Å². The number of carbonyl (C=O) groups excluding carboxylic acids is 4. The summed E-state index contributed by atoms with van der Waals surface area (Å²) in [7, 11) is 0. The number of nitrogens with zero attached hydrogens (tertiary/aromatic N) is 2. The first kappa shape index (κ1) is 24.5. The molecule has 1 spiro atoms. The highest BCUT2D eigenvalue weighted by atomic mass is 32.2. The van der Waals surface area contributed by atoms with Gasteiger partial charge in [-0.2, -0.15) is 11.8 Å². The summed E-state index contributed by atoms with van der Waals surface area (Å²) < 4.78 is 5.12. The lowest BCUT2D eigenvalue weighted by molar-refractivity contribution is -0.144. The van der Waals surface area contributed by atoms with E-state index in [9.17, 15) is 19.2 Å². The first-order valence-corrected chi connectivity index (χ1v) is 13.6. The van der Waals surface area contributed by atoms with Crippen LogP contribution in [0.25, 0.3) is 0 Å². The Hall–Kier alpha value is -3.17. The summed E-state index contributed by atoms with van der Waals surface area (Å²) in [5.41, 5.74) is 0.635. The Morgan fingerprint density at radius 1 is 1.03 bits per heavy atom. The summed E-state index contributed by atoms with van der Waals surface area (Å²) in [6.07, 6.45) is 2.62. The second kappa shape index (κ2) is 9.71. The Labute approximate surface area is 214 Å². The molecule has 2 fully saturated rings. The van der Waals surface area contributed by atoms with E-state index in [1.54, 1.807) is 30.8 Å². The summed E-state index contributed by atoms with van der Waals surface area (Å²) in [4.78, 5) is 57.0. The van der Waals surface area contributed by atoms with Gasteiger partial charge in [-0.1, -0.05) is 48.5 Å². The van der Waals surface area contributed by atoms with E-state index >= 15 is 0 Å². The maximum absolute atomic E-state index is 14.2. The van der Waals surface area contributed by atoms with Gasteiger partial charge in [0.05, 0.1) is 25.0 Å². The number of benzene rings is 2. The normalized spacial score (nSPS) is 26.6. The molecule has 0 aromatic heterocycles. The van der Waals surface area contributed by atoms with Crippen LogP contribution in [0, 0.1) is 11.8 Å². The number of hydrogen-bond acceptors (Lipinski definition) is 7. The fourth-order valence-electron chi connectivity index (χ4n) is 5.91. The summed E-state index contributed by atoms with van der Waals surface area (Å²) in [5, 5.41) is 3.46. The van der Waals surface area contributed by atoms with Crippen LogP contribution in [0.1, 0.15) is 24.5 Å². The third-order valence-corrected chi connectivity index (χ3v) is 8.01. The lowest BCUT2D eigenvalue weighted by Gasteiger charge is -2.30. The van der Waals surface area contributed by atoms with Gasteiger partial charge in [-0.05, 0) is 37.0 Å². The zero-order valence-electron chi connectivity index (χ0n) is 20.3. The number of thioether (sulfide) groups is 1. The Balaban J connectivity index is 1.58. The van der Waals surface area contributed by atoms with Crippen molar-refractivity contribution in [3.8, 4) is 0 Å². The predicted octanol–water partition coefficient (Wildman–Crippen LogP) is 2.32. The van der Waals surface area contributed by atoms with Crippen molar-refractivity contribution in [1.82, 2.24) is 10.2 Å². The van der Waals surface area contributed by atoms with E-state index in [0.717, 1.165) is 11.3 Å². The van der Waals surface area contributed by atoms with Crippen molar-refractivity contribution in [3.05, 3.63) is 65.7 Å². The molecule has 0 unspecified atom stereocenters. The van der Waals surface area contributed by atoms with Gasteiger partial charge in [-0.15, -0.1) is 0 Å². The van der Waals surface area contributed by atoms with Gasteiger partial charge >= 0.3 is 5.97 Å². The lowest BCUT2D eigenvalue weighted by Crippen LogP contribution is -2.55. The Kier molecular flexibility index (Phi) is 6.61. The van der Waals surface area contributed by atoms with Gasteiger partial charge in [0.25, 0.3) is 5.91 Å². The average Bonchev–Trinajstić information content (AvgIpc) is 3.44. The lowest BCUT2D eigenvalue weighted by atomic mass is 9.76. The second-order valence-corrected chi connectivity index (χ2v) is 10.3. The highest BCUT2D eigenvalue weighted by molar-refractivity contribution is 7.98.